The average molecular weight is 632 g/mol. The fourth-order valence-electron chi connectivity index (χ4n) is 7.17. The van der Waals surface area contributed by atoms with Crippen LogP contribution in [0.3, 0.4) is 0 Å². The molecule has 0 radical (unpaired) electrons. The molecule has 3 aliphatic carbocycles. The Morgan fingerprint density at radius 2 is 1.03 bits per heavy atom. The largest absolute Gasteiger partial charge is 0.274 e. The summed E-state index contributed by atoms with van der Waals surface area (Å²) in [6.45, 7) is 0. The molecule has 0 unspecified atom stereocenters. The van der Waals surface area contributed by atoms with Gasteiger partial charge in [0.1, 0.15) is 0 Å². The number of nitrogens with zero attached hydrogens (tertiary/aromatic N) is 2. The number of hydrogen-bond acceptors (Lipinski definition) is 4. The smallest absolute Gasteiger partial charge is 0.238 e. The average Bonchev–Trinajstić information content (AvgIpc) is 3.37. The summed E-state index contributed by atoms with van der Waals surface area (Å²) < 4.78 is 1.66. The third-order valence-corrected chi connectivity index (χ3v) is 9.66. The zero-order chi connectivity index (χ0) is 26.3. The molecule has 8 rings (SSSR count). The van der Waals surface area contributed by atoms with E-state index in [4.69, 9.17) is 0 Å². The van der Waals surface area contributed by atoms with E-state index in [1.807, 2.05) is 42.5 Å². The molecule has 4 atom stereocenters. The van der Waals surface area contributed by atoms with Gasteiger partial charge in [-0.05, 0) is 54.1 Å². The highest BCUT2D eigenvalue weighted by atomic mass is 79.9. The van der Waals surface area contributed by atoms with E-state index in [0.29, 0.717) is 11.4 Å². The van der Waals surface area contributed by atoms with Crippen molar-refractivity contribution >= 4 is 66.9 Å². The minimum Gasteiger partial charge on any atom is -0.274 e. The lowest BCUT2D eigenvalue weighted by atomic mass is 9.45. The van der Waals surface area contributed by atoms with E-state index in [1.54, 1.807) is 48.5 Å². The maximum absolute atomic E-state index is 14.2. The van der Waals surface area contributed by atoms with Crippen LogP contribution in [0.25, 0.3) is 0 Å². The first kappa shape index (κ1) is 23.7. The third-order valence-electron chi connectivity index (χ3n) is 8.60. The van der Waals surface area contributed by atoms with Gasteiger partial charge in [0.05, 0.1) is 35.0 Å². The fraction of sp³-hybridized carbons (Fsp3) is 0.200. The van der Waals surface area contributed by atoms with Crippen molar-refractivity contribution in [1.29, 1.82) is 0 Å². The summed E-state index contributed by atoms with van der Waals surface area (Å²) in [4.78, 5) is 59.0. The zero-order valence-electron chi connectivity index (χ0n) is 19.8. The number of imide groups is 2. The topological polar surface area (TPSA) is 74.8 Å². The molecular weight excluding hydrogens is 612 g/mol. The monoisotopic (exact) mass is 630 g/mol. The summed E-state index contributed by atoms with van der Waals surface area (Å²) in [5.41, 5.74) is 0.607. The van der Waals surface area contributed by atoms with Crippen LogP contribution in [-0.2, 0) is 24.6 Å². The van der Waals surface area contributed by atoms with Crippen molar-refractivity contribution in [3.05, 3.63) is 106 Å². The molecule has 0 N–H and O–H groups in total. The zero-order valence-corrected chi connectivity index (χ0v) is 23.0. The summed E-state index contributed by atoms with van der Waals surface area (Å²) in [6.07, 6.45) is 3.84. The number of halogens is 2. The van der Waals surface area contributed by atoms with Crippen molar-refractivity contribution in [1.82, 2.24) is 0 Å². The molecule has 3 aromatic carbocycles. The molecule has 6 nitrogen and oxygen atoms in total. The molecule has 5 aliphatic rings. The Bertz CT molecular complexity index is 1460. The Labute approximate surface area is 235 Å². The summed E-state index contributed by atoms with van der Waals surface area (Å²) in [5, 5.41) is 0. The first-order valence-corrected chi connectivity index (χ1v) is 13.9. The van der Waals surface area contributed by atoms with E-state index in [2.05, 4.69) is 31.9 Å². The van der Waals surface area contributed by atoms with Crippen molar-refractivity contribution in [3.8, 4) is 0 Å². The standard InChI is InChI=1S/C30H20Br2N2O4/c31-17-6-10-19(11-7-17)33-26(35)22-21-14-15-30(24(22)28(33)37,16-4-2-1-3-5-16)25-23(21)27(36)34(29(25)38)20-12-8-18(32)9-13-20/h1-15,21-25H/t21?,22-,23-,24+,25+,30?/m1/s1. The molecule has 0 spiro atoms. The van der Waals surface area contributed by atoms with Crippen molar-refractivity contribution in [2.45, 2.75) is 5.41 Å². The van der Waals surface area contributed by atoms with Gasteiger partial charge in [-0.1, -0.05) is 74.3 Å². The number of anilines is 2. The summed E-state index contributed by atoms with van der Waals surface area (Å²) >= 11 is 6.82. The van der Waals surface area contributed by atoms with E-state index in [0.717, 1.165) is 14.5 Å². The molecule has 38 heavy (non-hydrogen) atoms. The molecule has 2 aliphatic heterocycles. The number of rotatable bonds is 3. The summed E-state index contributed by atoms with van der Waals surface area (Å²) in [6, 6.07) is 23.5. The SMILES string of the molecule is O=C1[C@@H]2C3C=CC(c4ccccc4)([C@@H]2C(=O)N1c1ccc(Br)cc1)[C@@H]1C(=O)N(c2ccc(Br)cc2)C(=O)[C@H]31. The highest BCUT2D eigenvalue weighted by Gasteiger charge is 2.75. The molecule has 1 saturated carbocycles. The Kier molecular flexibility index (Phi) is 5.20. The van der Waals surface area contributed by atoms with Gasteiger partial charge in [0.2, 0.25) is 23.6 Å². The minimum atomic E-state index is -1.13. The normalized spacial score (nSPS) is 31.3. The van der Waals surface area contributed by atoms with Crippen LogP contribution in [0.5, 0.6) is 0 Å². The van der Waals surface area contributed by atoms with Crippen molar-refractivity contribution < 1.29 is 19.2 Å². The van der Waals surface area contributed by atoms with Gasteiger partial charge in [0.25, 0.3) is 0 Å². The fourth-order valence-corrected chi connectivity index (χ4v) is 7.70. The molecule has 4 amide bonds. The molecule has 2 bridgehead atoms. The number of amides is 4. The number of carbonyl (C=O) groups excluding carboxylic acids is 4. The quantitative estimate of drug-likeness (QED) is 0.292. The predicted octanol–water partition coefficient (Wildman–Crippen LogP) is 5.26. The lowest BCUT2D eigenvalue weighted by Crippen LogP contribution is -2.60. The summed E-state index contributed by atoms with van der Waals surface area (Å²) in [7, 11) is 0. The molecule has 2 saturated heterocycles. The van der Waals surface area contributed by atoms with Crippen LogP contribution in [-0.4, -0.2) is 23.6 Å². The van der Waals surface area contributed by atoms with Gasteiger partial charge in [0.15, 0.2) is 0 Å². The van der Waals surface area contributed by atoms with Crippen molar-refractivity contribution in [3.63, 3.8) is 0 Å². The van der Waals surface area contributed by atoms with Crippen LogP contribution in [0.1, 0.15) is 5.56 Å². The van der Waals surface area contributed by atoms with E-state index in [-0.39, 0.29) is 23.6 Å². The lowest BCUT2D eigenvalue weighted by molar-refractivity contribution is -0.140. The highest BCUT2D eigenvalue weighted by molar-refractivity contribution is 9.10. The first-order valence-electron chi connectivity index (χ1n) is 12.4. The third kappa shape index (κ3) is 2.98. The molecular formula is C30H20Br2N2O4. The van der Waals surface area contributed by atoms with Crippen molar-refractivity contribution in [2.24, 2.45) is 29.6 Å². The van der Waals surface area contributed by atoms with Crippen LogP contribution in [0, 0.1) is 29.6 Å². The Balaban J connectivity index is 1.42. The minimum absolute atomic E-state index is 0.322. The Hall–Kier alpha value is -3.36. The Morgan fingerprint density at radius 1 is 0.579 bits per heavy atom. The van der Waals surface area contributed by atoms with Gasteiger partial charge >= 0.3 is 0 Å². The second kappa shape index (κ2) is 8.32. The van der Waals surface area contributed by atoms with Crippen molar-refractivity contribution in [2.75, 3.05) is 9.80 Å². The maximum atomic E-state index is 14.2. The van der Waals surface area contributed by atoms with Crippen LogP contribution in [0.15, 0.2) is 100.0 Å². The van der Waals surface area contributed by atoms with Crippen LogP contribution >= 0.6 is 31.9 Å². The van der Waals surface area contributed by atoms with E-state index < -0.39 is 35.0 Å². The first-order chi connectivity index (χ1) is 18.3. The van der Waals surface area contributed by atoms with E-state index in [9.17, 15) is 19.2 Å². The molecule has 3 fully saturated rings. The van der Waals surface area contributed by atoms with E-state index in [1.165, 1.54) is 9.80 Å². The molecule has 0 aromatic heterocycles. The number of allylic oxidation sites excluding steroid dienone is 2. The van der Waals surface area contributed by atoms with Gasteiger partial charge < -0.3 is 0 Å². The number of benzene rings is 3. The number of hydrogen-bond donors (Lipinski definition) is 0. The molecule has 3 aromatic rings. The van der Waals surface area contributed by atoms with Gasteiger partial charge in [0, 0.05) is 20.3 Å². The van der Waals surface area contributed by atoms with Crippen LogP contribution in [0.4, 0.5) is 11.4 Å². The second-order valence-electron chi connectivity index (χ2n) is 10.2. The van der Waals surface area contributed by atoms with Crippen LogP contribution < -0.4 is 9.80 Å². The van der Waals surface area contributed by atoms with Gasteiger partial charge in [-0.3, -0.25) is 19.2 Å². The van der Waals surface area contributed by atoms with Crippen LogP contribution in [0.2, 0.25) is 0 Å². The van der Waals surface area contributed by atoms with E-state index >= 15 is 0 Å². The molecule has 2 heterocycles. The van der Waals surface area contributed by atoms with Gasteiger partial charge in [-0.2, -0.15) is 0 Å². The van der Waals surface area contributed by atoms with Gasteiger partial charge in [-0.15, -0.1) is 0 Å². The Morgan fingerprint density at radius 3 is 1.47 bits per heavy atom. The predicted molar refractivity (Wildman–Crippen MR) is 148 cm³/mol. The lowest BCUT2D eigenvalue weighted by Gasteiger charge is -2.53. The summed E-state index contributed by atoms with van der Waals surface area (Å²) in [5.74, 6) is -4.92. The highest BCUT2D eigenvalue weighted by Crippen LogP contribution is 2.65. The number of carbonyl (C=O) groups is 4. The molecule has 188 valence electrons. The van der Waals surface area contributed by atoms with Gasteiger partial charge in [-0.25, -0.2) is 9.80 Å². The molecule has 8 heteroatoms. The second-order valence-corrected chi connectivity index (χ2v) is 12.1. The maximum Gasteiger partial charge on any atom is 0.238 e.